The molecule has 0 bridgehead atoms. The molecule has 2 aromatic rings. The van der Waals surface area contributed by atoms with Crippen LogP contribution in [-0.2, 0) is 17.8 Å². The van der Waals surface area contributed by atoms with Crippen LogP contribution in [0.4, 0.5) is 0 Å². The van der Waals surface area contributed by atoms with Gasteiger partial charge in [-0.1, -0.05) is 19.9 Å². The number of fused-ring (bicyclic) bond motifs is 5. The highest BCUT2D eigenvalue weighted by Gasteiger charge is 2.56. The number of carbonyl (C=O) groups excluding carboxylic acids is 1. The largest absolute Gasteiger partial charge is 0.497 e. The van der Waals surface area contributed by atoms with Crippen molar-refractivity contribution in [3.8, 4) is 5.75 Å². The van der Waals surface area contributed by atoms with Crippen molar-refractivity contribution in [2.24, 2.45) is 17.3 Å². The minimum Gasteiger partial charge on any atom is -0.497 e. The van der Waals surface area contributed by atoms with E-state index in [2.05, 4.69) is 43.2 Å². The van der Waals surface area contributed by atoms with Gasteiger partial charge in [0.15, 0.2) is 5.78 Å². The third kappa shape index (κ3) is 2.95. The van der Waals surface area contributed by atoms with Crippen molar-refractivity contribution in [3.05, 3.63) is 52.9 Å². The third-order valence-electron chi connectivity index (χ3n) is 8.08. The molecule has 2 saturated carbocycles. The molecule has 1 aromatic carbocycles. The summed E-state index contributed by atoms with van der Waals surface area (Å²) in [6.45, 7) is 5.29. The van der Waals surface area contributed by atoms with Gasteiger partial charge in [0, 0.05) is 18.2 Å². The van der Waals surface area contributed by atoms with Crippen LogP contribution in [-0.4, -0.2) is 22.7 Å². The number of nitrogens with zero attached hydrogens (tertiary/aromatic N) is 2. The number of methoxy groups -OCH3 is 1. The van der Waals surface area contributed by atoms with Crippen molar-refractivity contribution in [1.82, 2.24) is 9.78 Å². The Morgan fingerprint density at radius 1 is 1.30 bits per heavy atom. The Labute approximate surface area is 179 Å². The number of ether oxygens (including phenoxy) is 1. The van der Waals surface area contributed by atoms with E-state index in [1.807, 2.05) is 16.9 Å². The predicted octanol–water partition coefficient (Wildman–Crippen LogP) is 5.42. The highest BCUT2D eigenvalue weighted by atomic mass is 16.5. The highest BCUT2D eigenvalue weighted by Crippen LogP contribution is 2.60. The molecule has 0 aliphatic heterocycles. The molecule has 5 rings (SSSR count). The maximum atomic E-state index is 13.5. The van der Waals surface area contributed by atoms with Crippen molar-refractivity contribution in [2.75, 3.05) is 7.11 Å². The number of rotatable bonds is 4. The lowest BCUT2D eigenvalue weighted by Gasteiger charge is -2.48. The Kier molecular flexibility index (Phi) is 4.83. The lowest BCUT2D eigenvalue weighted by atomic mass is 9.55. The van der Waals surface area contributed by atoms with Crippen LogP contribution >= 0.6 is 0 Å². The smallest absolute Gasteiger partial charge is 0.165 e. The summed E-state index contributed by atoms with van der Waals surface area (Å²) in [6.07, 6.45) is 10.3. The minimum absolute atomic E-state index is 0.202. The minimum atomic E-state index is -0.202. The van der Waals surface area contributed by atoms with Crippen LogP contribution in [0.1, 0.15) is 68.7 Å². The van der Waals surface area contributed by atoms with Crippen LogP contribution in [0.5, 0.6) is 5.75 Å². The average molecular weight is 405 g/mol. The molecule has 3 aliphatic rings. The van der Waals surface area contributed by atoms with E-state index in [1.165, 1.54) is 17.5 Å². The summed E-state index contributed by atoms with van der Waals surface area (Å²) >= 11 is 0. The summed E-state index contributed by atoms with van der Waals surface area (Å²) < 4.78 is 7.47. The summed E-state index contributed by atoms with van der Waals surface area (Å²) in [5.41, 5.74) is 4.83. The summed E-state index contributed by atoms with van der Waals surface area (Å²) in [5, 5.41) is 4.44. The second kappa shape index (κ2) is 7.40. The lowest BCUT2D eigenvalue weighted by molar-refractivity contribution is -0.127. The Morgan fingerprint density at radius 3 is 2.97 bits per heavy atom. The van der Waals surface area contributed by atoms with Crippen LogP contribution < -0.4 is 4.74 Å². The number of allylic oxidation sites excluding steroid dienone is 1. The molecule has 4 heteroatoms. The molecule has 3 aliphatic carbocycles. The van der Waals surface area contributed by atoms with E-state index in [-0.39, 0.29) is 5.41 Å². The molecule has 4 atom stereocenters. The van der Waals surface area contributed by atoms with E-state index in [1.54, 1.807) is 7.11 Å². The van der Waals surface area contributed by atoms with E-state index >= 15 is 0 Å². The number of carbonyl (C=O) groups is 1. The molecule has 4 nitrogen and oxygen atoms in total. The van der Waals surface area contributed by atoms with Crippen molar-refractivity contribution < 1.29 is 9.53 Å². The van der Waals surface area contributed by atoms with E-state index in [4.69, 9.17) is 4.74 Å². The maximum Gasteiger partial charge on any atom is 0.165 e. The topological polar surface area (TPSA) is 44.1 Å². The first kappa shape index (κ1) is 19.6. The molecular weight excluding hydrogens is 372 g/mol. The molecule has 0 saturated heterocycles. The number of hydrogen-bond acceptors (Lipinski definition) is 3. The summed E-state index contributed by atoms with van der Waals surface area (Å²) in [4.78, 5) is 13.5. The fourth-order valence-electron chi connectivity index (χ4n) is 6.53. The van der Waals surface area contributed by atoms with Gasteiger partial charge < -0.3 is 4.74 Å². The quantitative estimate of drug-likeness (QED) is 0.639. The first-order chi connectivity index (χ1) is 14.5. The second-order valence-corrected chi connectivity index (χ2v) is 9.62. The van der Waals surface area contributed by atoms with E-state index in [0.29, 0.717) is 23.5 Å². The van der Waals surface area contributed by atoms with Gasteiger partial charge >= 0.3 is 0 Å². The van der Waals surface area contributed by atoms with Crippen LogP contribution in [0.25, 0.3) is 6.08 Å². The first-order valence-corrected chi connectivity index (χ1v) is 11.5. The molecule has 0 amide bonds. The highest BCUT2D eigenvalue weighted by molar-refractivity contribution is 6.05. The Balaban J connectivity index is 1.46. The Morgan fingerprint density at radius 2 is 2.17 bits per heavy atom. The zero-order valence-corrected chi connectivity index (χ0v) is 18.4. The molecule has 0 unspecified atom stereocenters. The van der Waals surface area contributed by atoms with Crippen LogP contribution in [0.3, 0.4) is 0 Å². The SMILES string of the molecule is CCCn1nccc1/C=C1\C[C@@H]2[C@@H]3CCc4cc(OC)ccc4[C@@H]3CC[C@@]2(C)C1=O. The van der Waals surface area contributed by atoms with Gasteiger partial charge in [-0.05, 0) is 97.3 Å². The summed E-state index contributed by atoms with van der Waals surface area (Å²) in [7, 11) is 1.74. The molecule has 158 valence electrons. The molecule has 1 heterocycles. The number of hydrogen-bond donors (Lipinski definition) is 0. The first-order valence-electron chi connectivity index (χ1n) is 11.5. The normalized spacial score (nSPS) is 31.4. The van der Waals surface area contributed by atoms with Crippen molar-refractivity contribution >= 4 is 11.9 Å². The van der Waals surface area contributed by atoms with Gasteiger partial charge in [-0.25, -0.2) is 0 Å². The monoisotopic (exact) mass is 404 g/mol. The molecule has 30 heavy (non-hydrogen) atoms. The van der Waals surface area contributed by atoms with E-state index in [0.717, 1.165) is 55.7 Å². The average Bonchev–Trinajstić information content (AvgIpc) is 3.30. The molecule has 0 spiro atoms. The number of aromatic nitrogens is 2. The Bertz CT molecular complexity index is 1000. The second-order valence-electron chi connectivity index (χ2n) is 9.62. The van der Waals surface area contributed by atoms with Gasteiger partial charge in [-0.3, -0.25) is 9.48 Å². The van der Waals surface area contributed by atoms with Gasteiger partial charge in [0.2, 0.25) is 0 Å². The molecule has 0 N–H and O–H groups in total. The molecular formula is C26H32N2O2. The molecule has 0 radical (unpaired) electrons. The van der Waals surface area contributed by atoms with Gasteiger partial charge in [0.25, 0.3) is 0 Å². The predicted molar refractivity (Wildman–Crippen MR) is 118 cm³/mol. The van der Waals surface area contributed by atoms with E-state index < -0.39 is 0 Å². The lowest BCUT2D eigenvalue weighted by Crippen LogP contribution is -2.42. The van der Waals surface area contributed by atoms with Gasteiger partial charge in [-0.2, -0.15) is 5.10 Å². The standard InChI is InChI=1S/C26H32N2O2/c1-4-13-28-19(10-12-27-28)14-18-16-24-23-7-5-17-15-20(30-3)6-8-21(17)22(23)9-11-26(24,2)25(18)29/h6,8,10,12,14-15,22-24H,4-5,7,9,11,13,16H2,1-3H3/b18-14+/t22-,23+,24+,26+/m0/s1. The van der Waals surface area contributed by atoms with Gasteiger partial charge in [-0.15, -0.1) is 0 Å². The number of Topliss-reactive ketones (excluding diaryl/α,β-unsaturated/α-hetero) is 1. The fraction of sp³-hybridized carbons (Fsp3) is 0.538. The molecule has 1 aromatic heterocycles. The Hall–Kier alpha value is -2.36. The number of benzene rings is 1. The third-order valence-corrected chi connectivity index (χ3v) is 8.08. The maximum absolute atomic E-state index is 13.5. The fourth-order valence-corrected chi connectivity index (χ4v) is 6.53. The van der Waals surface area contributed by atoms with Gasteiger partial charge in [0.1, 0.15) is 5.75 Å². The van der Waals surface area contributed by atoms with Crippen LogP contribution in [0.2, 0.25) is 0 Å². The zero-order chi connectivity index (χ0) is 20.9. The zero-order valence-electron chi connectivity index (χ0n) is 18.4. The van der Waals surface area contributed by atoms with Crippen LogP contribution in [0.15, 0.2) is 36.0 Å². The summed E-state index contributed by atoms with van der Waals surface area (Å²) in [6, 6.07) is 8.65. The number of ketones is 1. The van der Waals surface area contributed by atoms with Crippen molar-refractivity contribution in [3.63, 3.8) is 0 Å². The van der Waals surface area contributed by atoms with Crippen molar-refractivity contribution in [1.29, 1.82) is 0 Å². The van der Waals surface area contributed by atoms with Gasteiger partial charge in [0.05, 0.1) is 12.8 Å². The van der Waals surface area contributed by atoms with E-state index in [9.17, 15) is 4.79 Å². The molecule has 2 fully saturated rings. The summed E-state index contributed by atoms with van der Waals surface area (Å²) in [5.74, 6) is 2.97. The van der Waals surface area contributed by atoms with Crippen LogP contribution in [0, 0.1) is 17.3 Å². The van der Waals surface area contributed by atoms with Crippen molar-refractivity contribution in [2.45, 2.75) is 64.8 Å². The number of aryl methyl sites for hydroxylation is 2.